The number of aliphatic imine (C=N–C) groups is 1. The van der Waals surface area contributed by atoms with Crippen LogP contribution in [0.2, 0.25) is 5.02 Å². The minimum Gasteiger partial charge on any atom is -0.468 e. The van der Waals surface area contributed by atoms with Crippen molar-refractivity contribution in [1.82, 2.24) is 15.5 Å². The van der Waals surface area contributed by atoms with E-state index < -0.39 is 6.10 Å². The van der Waals surface area contributed by atoms with Crippen molar-refractivity contribution in [3.63, 3.8) is 0 Å². The van der Waals surface area contributed by atoms with E-state index in [4.69, 9.17) is 21.0 Å². The molecule has 2 atom stereocenters. The van der Waals surface area contributed by atoms with E-state index in [0.717, 1.165) is 25.4 Å². The summed E-state index contributed by atoms with van der Waals surface area (Å²) >= 11 is 6.18. The first-order chi connectivity index (χ1) is 13.7. The highest BCUT2D eigenvalue weighted by Gasteiger charge is 2.25. The van der Waals surface area contributed by atoms with Crippen LogP contribution in [0, 0.1) is 0 Å². The highest BCUT2D eigenvalue weighted by atomic mass is 127. The topological polar surface area (TPSA) is 73.0 Å². The number of aliphatic hydroxyl groups is 1. The first-order valence-electron chi connectivity index (χ1n) is 9.91. The van der Waals surface area contributed by atoms with Crippen LogP contribution in [0.1, 0.15) is 43.2 Å². The molecule has 0 spiro atoms. The van der Waals surface area contributed by atoms with Gasteiger partial charge in [0.15, 0.2) is 5.96 Å². The molecule has 0 amide bonds. The zero-order chi connectivity index (χ0) is 19.8. The Balaban J connectivity index is 0.00000300. The first kappa shape index (κ1) is 24.0. The van der Waals surface area contributed by atoms with Crippen LogP contribution in [0.5, 0.6) is 0 Å². The van der Waals surface area contributed by atoms with Crippen molar-refractivity contribution in [3.8, 4) is 0 Å². The largest absolute Gasteiger partial charge is 0.468 e. The lowest BCUT2D eigenvalue weighted by Gasteiger charge is -2.25. The maximum absolute atomic E-state index is 10.5. The minimum absolute atomic E-state index is 0. The average Bonchev–Trinajstić information content (AvgIpc) is 3.41. The fourth-order valence-corrected chi connectivity index (χ4v) is 3.75. The van der Waals surface area contributed by atoms with Crippen LogP contribution in [0.15, 0.2) is 52.1 Å². The Bertz CT molecular complexity index is 751. The van der Waals surface area contributed by atoms with E-state index in [0.29, 0.717) is 29.6 Å². The highest BCUT2D eigenvalue weighted by Crippen LogP contribution is 2.26. The smallest absolute Gasteiger partial charge is 0.191 e. The Labute approximate surface area is 194 Å². The van der Waals surface area contributed by atoms with Crippen molar-refractivity contribution in [1.29, 1.82) is 0 Å². The summed E-state index contributed by atoms with van der Waals surface area (Å²) in [5, 5.41) is 17.5. The molecule has 6 nitrogen and oxygen atoms in total. The fraction of sp³-hybridized carbons (Fsp3) is 0.476. The summed E-state index contributed by atoms with van der Waals surface area (Å²) in [7, 11) is 0. The molecule has 1 aliphatic rings. The number of likely N-dealkylation sites (tertiary alicyclic amines) is 1. The zero-order valence-electron chi connectivity index (χ0n) is 16.7. The second kappa shape index (κ2) is 12.4. The van der Waals surface area contributed by atoms with Gasteiger partial charge in [0, 0.05) is 23.7 Å². The van der Waals surface area contributed by atoms with Crippen LogP contribution >= 0.6 is 35.6 Å². The summed E-state index contributed by atoms with van der Waals surface area (Å²) in [6.45, 7) is 5.80. The zero-order valence-corrected chi connectivity index (χ0v) is 19.8. The molecular formula is C21H30ClIN4O2. The van der Waals surface area contributed by atoms with E-state index in [9.17, 15) is 5.11 Å². The van der Waals surface area contributed by atoms with Crippen LogP contribution < -0.4 is 10.6 Å². The van der Waals surface area contributed by atoms with E-state index in [1.165, 1.54) is 12.8 Å². The van der Waals surface area contributed by atoms with Crippen LogP contribution in [-0.2, 0) is 0 Å². The number of guanidine groups is 1. The monoisotopic (exact) mass is 532 g/mol. The molecule has 1 aliphatic heterocycles. The molecule has 2 aromatic rings. The van der Waals surface area contributed by atoms with Gasteiger partial charge in [0.25, 0.3) is 0 Å². The third-order valence-electron chi connectivity index (χ3n) is 4.95. The second-order valence-corrected chi connectivity index (χ2v) is 7.32. The summed E-state index contributed by atoms with van der Waals surface area (Å²) in [5.74, 6) is 1.61. The Kier molecular flexibility index (Phi) is 10.3. The predicted molar refractivity (Wildman–Crippen MR) is 128 cm³/mol. The third kappa shape index (κ3) is 6.87. The number of rotatable bonds is 8. The summed E-state index contributed by atoms with van der Waals surface area (Å²) in [6.07, 6.45) is 3.43. The number of nitrogens with zero attached hydrogens (tertiary/aromatic N) is 2. The Hall–Kier alpha value is -1.29. The van der Waals surface area contributed by atoms with E-state index in [1.807, 2.05) is 37.3 Å². The molecule has 29 heavy (non-hydrogen) atoms. The molecule has 1 saturated heterocycles. The quantitative estimate of drug-likeness (QED) is 0.273. The summed E-state index contributed by atoms with van der Waals surface area (Å²) in [6, 6.07) is 11.4. The van der Waals surface area contributed by atoms with Crippen molar-refractivity contribution in [2.24, 2.45) is 4.99 Å². The number of nitrogens with one attached hydrogen (secondary N) is 2. The molecule has 0 saturated carbocycles. The molecule has 1 fully saturated rings. The molecule has 0 bridgehead atoms. The summed E-state index contributed by atoms with van der Waals surface area (Å²) in [4.78, 5) is 7.17. The van der Waals surface area contributed by atoms with E-state index in [-0.39, 0.29) is 30.0 Å². The van der Waals surface area contributed by atoms with Gasteiger partial charge < -0.3 is 20.2 Å². The Morgan fingerprint density at radius 1 is 1.21 bits per heavy atom. The number of hydrogen-bond donors (Lipinski definition) is 3. The van der Waals surface area contributed by atoms with Gasteiger partial charge in [-0.1, -0.05) is 29.8 Å². The van der Waals surface area contributed by atoms with Crippen LogP contribution in [0.3, 0.4) is 0 Å². The van der Waals surface area contributed by atoms with Crippen molar-refractivity contribution in [2.45, 2.75) is 31.9 Å². The molecule has 3 N–H and O–H groups in total. The SMILES string of the molecule is CCNC(=NCC(c1ccco1)N1CCCC1)NCC(O)c1ccccc1Cl.I. The van der Waals surface area contributed by atoms with Gasteiger partial charge in [0.2, 0.25) is 0 Å². The number of benzene rings is 1. The van der Waals surface area contributed by atoms with Crippen molar-refractivity contribution < 1.29 is 9.52 Å². The Morgan fingerprint density at radius 3 is 2.62 bits per heavy atom. The molecule has 1 aromatic carbocycles. The van der Waals surface area contributed by atoms with Crippen LogP contribution in [0.25, 0.3) is 0 Å². The lowest BCUT2D eigenvalue weighted by molar-refractivity contribution is 0.181. The first-order valence-corrected chi connectivity index (χ1v) is 10.3. The van der Waals surface area contributed by atoms with Gasteiger partial charge in [-0.15, -0.1) is 24.0 Å². The lowest BCUT2D eigenvalue weighted by atomic mass is 10.1. The molecule has 1 aromatic heterocycles. The molecule has 0 aliphatic carbocycles. The average molecular weight is 533 g/mol. The molecule has 0 radical (unpaired) electrons. The standard InChI is InChI=1S/C21H29ClN4O2.HI/c1-2-23-21(25-15-19(27)16-8-3-4-9-17(16)22)24-14-18(20-10-7-13-28-20)26-11-5-6-12-26;/h3-4,7-10,13,18-19,27H,2,5-6,11-12,14-15H2,1H3,(H2,23,24,25);1H. The minimum atomic E-state index is -0.711. The molecular weight excluding hydrogens is 503 g/mol. The second-order valence-electron chi connectivity index (χ2n) is 6.91. The number of furan rings is 1. The predicted octanol–water partition coefficient (Wildman–Crippen LogP) is 3.98. The van der Waals surface area contributed by atoms with E-state index in [2.05, 4.69) is 15.5 Å². The van der Waals surface area contributed by atoms with Gasteiger partial charge >= 0.3 is 0 Å². The van der Waals surface area contributed by atoms with Crippen molar-refractivity contribution in [2.75, 3.05) is 32.7 Å². The normalized spacial score (nSPS) is 16.9. The molecule has 3 rings (SSSR count). The lowest BCUT2D eigenvalue weighted by Crippen LogP contribution is -2.40. The molecule has 2 unspecified atom stereocenters. The summed E-state index contributed by atoms with van der Waals surface area (Å²) < 4.78 is 5.66. The van der Waals surface area contributed by atoms with Gasteiger partial charge in [-0.25, -0.2) is 0 Å². The van der Waals surface area contributed by atoms with E-state index in [1.54, 1.807) is 12.3 Å². The van der Waals surface area contributed by atoms with Gasteiger partial charge in [0.1, 0.15) is 5.76 Å². The third-order valence-corrected chi connectivity index (χ3v) is 5.29. The van der Waals surface area contributed by atoms with Gasteiger partial charge in [-0.2, -0.15) is 0 Å². The van der Waals surface area contributed by atoms with Crippen LogP contribution in [0.4, 0.5) is 0 Å². The maximum atomic E-state index is 10.5. The number of hydrogen-bond acceptors (Lipinski definition) is 4. The van der Waals surface area contributed by atoms with Gasteiger partial charge in [-0.05, 0) is 51.1 Å². The van der Waals surface area contributed by atoms with Gasteiger partial charge in [-0.3, -0.25) is 9.89 Å². The Morgan fingerprint density at radius 2 is 1.97 bits per heavy atom. The van der Waals surface area contributed by atoms with Gasteiger partial charge in [0.05, 0.1) is 25.0 Å². The highest BCUT2D eigenvalue weighted by molar-refractivity contribution is 14.0. The fourth-order valence-electron chi connectivity index (χ4n) is 3.49. The molecule has 2 heterocycles. The number of aliphatic hydroxyl groups excluding tert-OH is 1. The molecule has 8 heteroatoms. The summed E-state index contributed by atoms with van der Waals surface area (Å²) in [5.41, 5.74) is 0.707. The number of halogens is 2. The van der Waals surface area contributed by atoms with Crippen molar-refractivity contribution in [3.05, 3.63) is 59.0 Å². The van der Waals surface area contributed by atoms with E-state index >= 15 is 0 Å². The molecule has 160 valence electrons. The maximum Gasteiger partial charge on any atom is 0.191 e. The van der Waals surface area contributed by atoms with Crippen LogP contribution in [-0.4, -0.2) is 48.7 Å². The van der Waals surface area contributed by atoms with Crippen molar-refractivity contribution >= 4 is 41.5 Å².